The molecule has 1 unspecified atom stereocenters. The average molecular weight is 390 g/mol. The fraction of sp³-hybridized carbons (Fsp3) is 0.682. The zero-order chi connectivity index (χ0) is 20.0. The summed E-state index contributed by atoms with van der Waals surface area (Å²) in [6.07, 6.45) is 2.53. The van der Waals surface area contributed by atoms with Gasteiger partial charge in [-0.15, -0.1) is 0 Å². The Kier molecular flexibility index (Phi) is 10.9. The summed E-state index contributed by atoms with van der Waals surface area (Å²) in [6.45, 7) is 13.9. The predicted molar refractivity (Wildman–Crippen MR) is 118 cm³/mol. The second-order valence-electron chi connectivity index (χ2n) is 7.39. The van der Waals surface area contributed by atoms with E-state index in [1.807, 2.05) is 30.3 Å². The first kappa shape index (κ1) is 22.7. The zero-order valence-corrected chi connectivity index (χ0v) is 17.7. The molecule has 0 bridgehead atoms. The molecule has 0 saturated carbocycles. The number of piperazine rings is 1. The number of guanidine groups is 1. The van der Waals surface area contributed by atoms with Crippen LogP contribution < -0.4 is 10.6 Å². The number of rotatable bonds is 11. The molecule has 28 heavy (non-hydrogen) atoms. The lowest BCUT2D eigenvalue weighted by atomic mass is 10.1. The molecule has 0 spiro atoms. The third-order valence-corrected chi connectivity index (χ3v) is 5.30. The molecule has 1 atom stereocenters. The minimum Gasteiger partial charge on any atom is -0.388 e. The SMILES string of the molecule is CCNC(=NCCCCN1CCN(CC)CC1)NCCC(O)c1ccccc1. The maximum Gasteiger partial charge on any atom is 0.191 e. The van der Waals surface area contributed by atoms with E-state index in [0.717, 1.165) is 31.0 Å². The van der Waals surface area contributed by atoms with E-state index in [-0.39, 0.29) is 0 Å². The van der Waals surface area contributed by atoms with Crippen LogP contribution in [-0.2, 0) is 0 Å². The fourth-order valence-corrected chi connectivity index (χ4v) is 3.48. The number of nitrogens with one attached hydrogen (secondary N) is 2. The van der Waals surface area contributed by atoms with Gasteiger partial charge in [-0.1, -0.05) is 37.3 Å². The molecule has 1 aliphatic heterocycles. The number of benzene rings is 1. The number of aliphatic hydroxyl groups is 1. The van der Waals surface area contributed by atoms with Gasteiger partial charge in [-0.05, 0) is 44.8 Å². The smallest absolute Gasteiger partial charge is 0.191 e. The Morgan fingerprint density at radius 1 is 1.04 bits per heavy atom. The van der Waals surface area contributed by atoms with Crippen LogP contribution in [0.4, 0.5) is 0 Å². The molecule has 6 heteroatoms. The summed E-state index contributed by atoms with van der Waals surface area (Å²) in [6, 6.07) is 9.82. The maximum absolute atomic E-state index is 10.3. The van der Waals surface area contributed by atoms with E-state index in [1.165, 1.54) is 45.7 Å². The van der Waals surface area contributed by atoms with E-state index in [9.17, 15) is 5.11 Å². The van der Waals surface area contributed by atoms with E-state index in [1.54, 1.807) is 0 Å². The molecule has 2 rings (SSSR count). The summed E-state index contributed by atoms with van der Waals surface area (Å²) < 4.78 is 0. The topological polar surface area (TPSA) is 63.1 Å². The van der Waals surface area contributed by atoms with Crippen molar-refractivity contribution in [3.63, 3.8) is 0 Å². The first-order chi connectivity index (χ1) is 13.7. The summed E-state index contributed by atoms with van der Waals surface area (Å²) in [5.74, 6) is 0.847. The van der Waals surface area contributed by atoms with Gasteiger partial charge in [0.15, 0.2) is 5.96 Å². The molecule has 0 amide bonds. The van der Waals surface area contributed by atoms with E-state index in [0.29, 0.717) is 13.0 Å². The van der Waals surface area contributed by atoms with Gasteiger partial charge in [0.05, 0.1) is 6.10 Å². The summed E-state index contributed by atoms with van der Waals surface area (Å²) in [7, 11) is 0. The number of hydrogen-bond acceptors (Lipinski definition) is 4. The van der Waals surface area contributed by atoms with Crippen molar-refractivity contribution in [3.8, 4) is 0 Å². The highest BCUT2D eigenvalue weighted by Gasteiger charge is 2.14. The second-order valence-corrected chi connectivity index (χ2v) is 7.39. The first-order valence-electron chi connectivity index (χ1n) is 10.9. The van der Waals surface area contributed by atoms with Crippen LogP contribution in [0.2, 0.25) is 0 Å². The number of hydrogen-bond donors (Lipinski definition) is 3. The molecule has 0 aliphatic carbocycles. The Morgan fingerprint density at radius 2 is 1.75 bits per heavy atom. The van der Waals surface area contributed by atoms with Crippen molar-refractivity contribution in [1.82, 2.24) is 20.4 Å². The molecule has 0 radical (unpaired) electrons. The van der Waals surface area contributed by atoms with Crippen LogP contribution in [0.5, 0.6) is 0 Å². The minimum absolute atomic E-state index is 0.440. The van der Waals surface area contributed by atoms with Crippen LogP contribution in [0.15, 0.2) is 35.3 Å². The predicted octanol–water partition coefficient (Wildman–Crippen LogP) is 2.08. The molecule has 6 nitrogen and oxygen atoms in total. The maximum atomic E-state index is 10.3. The van der Waals surface area contributed by atoms with Crippen molar-refractivity contribution in [1.29, 1.82) is 0 Å². The van der Waals surface area contributed by atoms with Crippen LogP contribution in [0.25, 0.3) is 0 Å². The molecule has 158 valence electrons. The standard InChI is InChI=1S/C22H39N5O/c1-3-23-22(25-14-12-21(28)20-10-6-5-7-11-20)24-13-8-9-15-27-18-16-26(4-2)17-19-27/h5-7,10-11,21,28H,3-4,8-9,12-19H2,1-2H3,(H2,23,24,25). The third-order valence-electron chi connectivity index (χ3n) is 5.30. The highest BCUT2D eigenvalue weighted by molar-refractivity contribution is 5.79. The van der Waals surface area contributed by atoms with Crippen molar-refractivity contribution in [3.05, 3.63) is 35.9 Å². The van der Waals surface area contributed by atoms with Gasteiger partial charge < -0.3 is 25.5 Å². The number of aliphatic hydroxyl groups excluding tert-OH is 1. The summed E-state index contributed by atoms with van der Waals surface area (Å²) in [5, 5.41) is 16.9. The Hall–Kier alpha value is -1.63. The minimum atomic E-state index is -0.440. The largest absolute Gasteiger partial charge is 0.388 e. The fourth-order valence-electron chi connectivity index (χ4n) is 3.48. The number of unbranched alkanes of at least 4 members (excludes halogenated alkanes) is 1. The van der Waals surface area contributed by atoms with E-state index >= 15 is 0 Å². The van der Waals surface area contributed by atoms with Gasteiger partial charge in [0.25, 0.3) is 0 Å². The first-order valence-corrected chi connectivity index (χ1v) is 10.9. The van der Waals surface area contributed by atoms with Crippen LogP contribution in [-0.4, -0.2) is 79.8 Å². The molecular formula is C22H39N5O. The summed E-state index contributed by atoms with van der Waals surface area (Å²) >= 11 is 0. The van der Waals surface area contributed by atoms with Gasteiger partial charge in [0, 0.05) is 45.8 Å². The highest BCUT2D eigenvalue weighted by atomic mass is 16.3. The molecule has 1 heterocycles. The van der Waals surface area contributed by atoms with Crippen molar-refractivity contribution in [2.75, 3.05) is 58.9 Å². The number of nitrogens with zero attached hydrogens (tertiary/aromatic N) is 3. The van der Waals surface area contributed by atoms with Crippen LogP contribution in [0, 0.1) is 0 Å². The Balaban J connectivity index is 1.60. The average Bonchev–Trinajstić information content (AvgIpc) is 2.74. The zero-order valence-electron chi connectivity index (χ0n) is 17.7. The lowest BCUT2D eigenvalue weighted by molar-refractivity contribution is 0.136. The monoisotopic (exact) mass is 389 g/mol. The van der Waals surface area contributed by atoms with Crippen LogP contribution in [0.3, 0.4) is 0 Å². The van der Waals surface area contributed by atoms with Crippen molar-refractivity contribution in [2.45, 2.75) is 39.2 Å². The lowest BCUT2D eigenvalue weighted by Gasteiger charge is -2.33. The van der Waals surface area contributed by atoms with Crippen molar-refractivity contribution < 1.29 is 5.11 Å². The summed E-state index contributed by atoms with van der Waals surface area (Å²) in [5.41, 5.74) is 0.964. The Bertz CT molecular complexity index is 543. The van der Waals surface area contributed by atoms with Crippen molar-refractivity contribution in [2.24, 2.45) is 4.99 Å². The number of likely N-dealkylation sites (N-methyl/N-ethyl adjacent to an activating group) is 1. The molecule has 3 N–H and O–H groups in total. The highest BCUT2D eigenvalue weighted by Crippen LogP contribution is 2.14. The van der Waals surface area contributed by atoms with E-state index in [2.05, 4.69) is 39.3 Å². The molecule has 1 aromatic rings. The molecule has 1 aliphatic rings. The van der Waals surface area contributed by atoms with Gasteiger partial charge >= 0.3 is 0 Å². The lowest BCUT2D eigenvalue weighted by Crippen LogP contribution is -2.46. The Morgan fingerprint density at radius 3 is 2.43 bits per heavy atom. The van der Waals surface area contributed by atoms with Gasteiger partial charge in [0.2, 0.25) is 0 Å². The molecule has 1 saturated heterocycles. The quantitative estimate of drug-likeness (QED) is 0.307. The third kappa shape index (κ3) is 8.59. The van der Waals surface area contributed by atoms with Gasteiger partial charge in [-0.2, -0.15) is 0 Å². The van der Waals surface area contributed by atoms with Crippen LogP contribution >= 0.6 is 0 Å². The van der Waals surface area contributed by atoms with Gasteiger partial charge in [-0.3, -0.25) is 4.99 Å². The Labute approximate surface area is 171 Å². The van der Waals surface area contributed by atoms with E-state index < -0.39 is 6.10 Å². The molecular weight excluding hydrogens is 350 g/mol. The van der Waals surface area contributed by atoms with Gasteiger partial charge in [-0.25, -0.2) is 0 Å². The molecule has 0 aromatic heterocycles. The van der Waals surface area contributed by atoms with E-state index in [4.69, 9.17) is 0 Å². The normalized spacial score (nSPS) is 17.5. The molecule has 1 aromatic carbocycles. The van der Waals surface area contributed by atoms with Gasteiger partial charge in [0.1, 0.15) is 0 Å². The number of aliphatic imine (C=N–C) groups is 1. The van der Waals surface area contributed by atoms with Crippen LogP contribution in [0.1, 0.15) is 44.8 Å². The summed E-state index contributed by atoms with van der Waals surface area (Å²) in [4.78, 5) is 9.77. The molecule has 1 fully saturated rings. The van der Waals surface area contributed by atoms with Crippen molar-refractivity contribution >= 4 is 5.96 Å². The second kappa shape index (κ2) is 13.5.